The predicted octanol–water partition coefficient (Wildman–Crippen LogP) is 1.43. The van der Waals surface area contributed by atoms with Gasteiger partial charge < -0.3 is 20.1 Å². The molecule has 0 aliphatic rings. The summed E-state index contributed by atoms with van der Waals surface area (Å²) in [6.07, 6.45) is -0.722. The summed E-state index contributed by atoms with van der Waals surface area (Å²) < 4.78 is 9.60. The van der Waals surface area contributed by atoms with Crippen molar-refractivity contribution in [3.05, 3.63) is 35.9 Å². The molecule has 8 nitrogen and oxygen atoms in total. The fourth-order valence-electron chi connectivity index (χ4n) is 2.23. The van der Waals surface area contributed by atoms with Crippen molar-refractivity contribution in [2.24, 2.45) is 11.8 Å². The molecule has 148 valence electrons. The minimum atomic E-state index is -1.02. The zero-order valence-electron chi connectivity index (χ0n) is 16.0. The molecule has 2 amide bonds. The summed E-state index contributed by atoms with van der Waals surface area (Å²) in [6, 6.07) is 8.31. The van der Waals surface area contributed by atoms with E-state index in [1.165, 1.54) is 14.0 Å². The summed E-state index contributed by atoms with van der Waals surface area (Å²) in [7, 11) is 1.18. The quantitative estimate of drug-likeness (QED) is 0.497. The number of alkyl carbamates (subject to hydrolysis) is 1. The number of hydrogen-bond acceptors (Lipinski definition) is 6. The average molecular weight is 378 g/mol. The normalized spacial score (nSPS) is 12.6. The summed E-state index contributed by atoms with van der Waals surface area (Å²) in [5.74, 6) is -2.94. The first-order valence-electron chi connectivity index (χ1n) is 8.61. The summed E-state index contributed by atoms with van der Waals surface area (Å²) in [5.41, 5.74) is 0.823. The van der Waals surface area contributed by atoms with Crippen LogP contribution in [0.4, 0.5) is 4.79 Å². The number of benzene rings is 1. The van der Waals surface area contributed by atoms with E-state index in [1.807, 2.05) is 30.3 Å². The maximum atomic E-state index is 12.4. The van der Waals surface area contributed by atoms with Gasteiger partial charge in [0.25, 0.3) is 0 Å². The van der Waals surface area contributed by atoms with Gasteiger partial charge in [-0.05, 0) is 18.4 Å². The third-order valence-electron chi connectivity index (χ3n) is 3.88. The molecular weight excluding hydrogens is 352 g/mol. The van der Waals surface area contributed by atoms with Gasteiger partial charge >= 0.3 is 12.1 Å². The van der Waals surface area contributed by atoms with Crippen LogP contribution in [0.3, 0.4) is 0 Å². The molecule has 1 aromatic carbocycles. The lowest BCUT2D eigenvalue weighted by Crippen LogP contribution is -2.49. The maximum absolute atomic E-state index is 12.4. The Morgan fingerprint density at radius 3 is 2.22 bits per heavy atom. The fraction of sp³-hybridized carbons (Fsp3) is 0.474. The molecule has 27 heavy (non-hydrogen) atoms. The van der Waals surface area contributed by atoms with Crippen molar-refractivity contribution in [1.29, 1.82) is 0 Å². The maximum Gasteiger partial charge on any atom is 0.408 e. The molecule has 0 fully saturated rings. The molecule has 1 unspecified atom stereocenters. The summed E-state index contributed by atoms with van der Waals surface area (Å²) in [6.45, 7) is 4.67. The second-order valence-corrected chi connectivity index (χ2v) is 6.36. The Bertz CT molecular complexity index is 659. The Morgan fingerprint density at radius 2 is 1.67 bits per heavy atom. The van der Waals surface area contributed by atoms with E-state index in [9.17, 15) is 19.2 Å². The van der Waals surface area contributed by atoms with Crippen LogP contribution in [0.1, 0.15) is 26.3 Å². The Labute approximate surface area is 158 Å². The standard InChI is InChI=1S/C19H26N2O6/c1-12(2)16(15(22)10-20-17(23)13(3)18(24)26-4)21-19(25)27-11-14-8-6-5-7-9-14/h5-9,12-13,16H,10-11H2,1-4H3,(H,20,23)(H,21,25)/t13?,16-/m0/s1. The van der Waals surface area contributed by atoms with Crippen molar-refractivity contribution in [1.82, 2.24) is 10.6 Å². The van der Waals surface area contributed by atoms with Crippen LogP contribution < -0.4 is 10.6 Å². The van der Waals surface area contributed by atoms with Crippen molar-refractivity contribution < 1.29 is 28.7 Å². The van der Waals surface area contributed by atoms with Gasteiger partial charge in [-0.2, -0.15) is 0 Å². The molecule has 0 radical (unpaired) electrons. The van der Waals surface area contributed by atoms with E-state index in [4.69, 9.17) is 4.74 Å². The summed E-state index contributed by atoms with van der Waals surface area (Å²) >= 11 is 0. The first-order chi connectivity index (χ1) is 12.8. The van der Waals surface area contributed by atoms with Gasteiger partial charge in [0, 0.05) is 0 Å². The zero-order valence-corrected chi connectivity index (χ0v) is 16.0. The Hall–Kier alpha value is -2.90. The lowest BCUT2D eigenvalue weighted by Gasteiger charge is -2.21. The number of carbonyl (C=O) groups excluding carboxylic acids is 4. The largest absolute Gasteiger partial charge is 0.468 e. The van der Waals surface area contributed by atoms with Gasteiger partial charge in [-0.1, -0.05) is 44.2 Å². The van der Waals surface area contributed by atoms with E-state index in [1.54, 1.807) is 13.8 Å². The van der Waals surface area contributed by atoms with E-state index in [2.05, 4.69) is 15.4 Å². The van der Waals surface area contributed by atoms with Gasteiger partial charge in [0.15, 0.2) is 5.78 Å². The molecule has 0 heterocycles. The third kappa shape index (κ3) is 7.47. The van der Waals surface area contributed by atoms with E-state index in [-0.39, 0.29) is 19.1 Å². The minimum Gasteiger partial charge on any atom is -0.468 e. The van der Waals surface area contributed by atoms with E-state index in [0.29, 0.717) is 0 Å². The van der Waals surface area contributed by atoms with Crippen LogP contribution in [0.5, 0.6) is 0 Å². The highest BCUT2D eigenvalue weighted by Gasteiger charge is 2.27. The fourth-order valence-corrected chi connectivity index (χ4v) is 2.23. The average Bonchev–Trinajstić information content (AvgIpc) is 2.67. The number of nitrogens with one attached hydrogen (secondary N) is 2. The topological polar surface area (TPSA) is 111 Å². The highest BCUT2D eigenvalue weighted by molar-refractivity contribution is 5.99. The second-order valence-electron chi connectivity index (χ2n) is 6.36. The number of methoxy groups -OCH3 is 1. The molecule has 8 heteroatoms. The van der Waals surface area contributed by atoms with Gasteiger partial charge in [-0.15, -0.1) is 0 Å². The third-order valence-corrected chi connectivity index (χ3v) is 3.88. The van der Waals surface area contributed by atoms with Crippen molar-refractivity contribution in [2.75, 3.05) is 13.7 Å². The number of hydrogen-bond donors (Lipinski definition) is 2. The van der Waals surface area contributed by atoms with Crippen LogP contribution in [-0.2, 0) is 30.5 Å². The minimum absolute atomic E-state index is 0.0824. The number of Topliss-reactive ketones (excluding diaryl/α,β-unsaturated/α-hetero) is 1. The SMILES string of the molecule is COC(=O)C(C)C(=O)NCC(=O)[C@@H](NC(=O)OCc1ccccc1)C(C)C. The van der Waals surface area contributed by atoms with Crippen LogP contribution in [0.15, 0.2) is 30.3 Å². The van der Waals surface area contributed by atoms with E-state index >= 15 is 0 Å². The van der Waals surface area contributed by atoms with Gasteiger partial charge in [-0.25, -0.2) is 4.79 Å². The molecule has 1 rings (SSSR count). The van der Waals surface area contributed by atoms with Crippen LogP contribution in [0.2, 0.25) is 0 Å². The van der Waals surface area contributed by atoms with Crippen molar-refractivity contribution >= 4 is 23.8 Å². The summed E-state index contributed by atoms with van der Waals surface area (Å²) in [4.78, 5) is 47.5. The number of esters is 1. The number of carbonyl (C=O) groups is 4. The first-order valence-corrected chi connectivity index (χ1v) is 8.61. The smallest absolute Gasteiger partial charge is 0.408 e. The Balaban J connectivity index is 2.53. The van der Waals surface area contributed by atoms with Crippen molar-refractivity contribution in [3.8, 4) is 0 Å². The molecular formula is C19H26N2O6. The van der Waals surface area contributed by atoms with Crippen molar-refractivity contribution in [2.45, 2.75) is 33.4 Å². The summed E-state index contributed by atoms with van der Waals surface area (Å²) in [5, 5.41) is 4.90. The molecule has 0 saturated heterocycles. The molecule has 0 bridgehead atoms. The first kappa shape index (κ1) is 22.1. The monoisotopic (exact) mass is 378 g/mol. The van der Waals surface area contributed by atoms with Crippen LogP contribution in [-0.4, -0.2) is 43.4 Å². The van der Waals surface area contributed by atoms with Gasteiger partial charge in [0.2, 0.25) is 5.91 Å². The lowest BCUT2D eigenvalue weighted by atomic mass is 10.00. The molecule has 2 N–H and O–H groups in total. The molecule has 0 saturated carbocycles. The van der Waals surface area contributed by atoms with E-state index < -0.39 is 35.7 Å². The van der Waals surface area contributed by atoms with Gasteiger partial charge in [0.1, 0.15) is 12.5 Å². The number of rotatable bonds is 9. The Kier molecular flexibility index (Phi) is 8.98. The zero-order chi connectivity index (χ0) is 20.4. The molecule has 1 aromatic rings. The van der Waals surface area contributed by atoms with Gasteiger partial charge in [0.05, 0.1) is 19.7 Å². The highest BCUT2D eigenvalue weighted by Crippen LogP contribution is 2.06. The van der Waals surface area contributed by atoms with Crippen molar-refractivity contribution in [3.63, 3.8) is 0 Å². The van der Waals surface area contributed by atoms with Crippen LogP contribution in [0.25, 0.3) is 0 Å². The lowest BCUT2D eigenvalue weighted by molar-refractivity contribution is -0.149. The second kappa shape index (κ2) is 10.9. The van der Waals surface area contributed by atoms with Crippen LogP contribution in [0, 0.1) is 11.8 Å². The number of ketones is 1. The number of ether oxygens (including phenoxy) is 2. The van der Waals surface area contributed by atoms with Gasteiger partial charge in [-0.3, -0.25) is 14.4 Å². The highest BCUT2D eigenvalue weighted by atomic mass is 16.5. The Morgan fingerprint density at radius 1 is 1.04 bits per heavy atom. The molecule has 0 aliphatic carbocycles. The predicted molar refractivity (Wildman–Crippen MR) is 97.6 cm³/mol. The molecule has 0 aromatic heterocycles. The molecule has 2 atom stereocenters. The number of amides is 2. The molecule has 0 aliphatic heterocycles. The molecule has 0 spiro atoms. The van der Waals surface area contributed by atoms with E-state index in [0.717, 1.165) is 5.56 Å². The van der Waals surface area contributed by atoms with Crippen LogP contribution >= 0.6 is 0 Å².